The summed E-state index contributed by atoms with van der Waals surface area (Å²) in [6.45, 7) is 4.17. The lowest BCUT2D eigenvalue weighted by atomic mass is 9.92. The topological polar surface area (TPSA) is 64.1 Å². The fraction of sp³-hybridized carbons (Fsp3) is 0.471. The predicted octanol–water partition coefficient (Wildman–Crippen LogP) is 3.93. The molecule has 1 heterocycles. The van der Waals surface area contributed by atoms with E-state index in [1.54, 1.807) is 11.8 Å². The molecule has 0 unspecified atom stereocenters. The second kappa shape index (κ2) is 7.98. The van der Waals surface area contributed by atoms with Crippen LogP contribution in [0.4, 0.5) is 5.13 Å². The highest BCUT2D eigenvalue weighted by molar-refractivity contribution is 8.01. The van der Waals surface area contributed by atoms with E-state index in [1.807, 2.05) is 6.07 Å². The molecule has 1 aliphatic carbocycles. The minimum absolute atomic E-state index is 0.0228. The number of nitrogens with one attached hydrogen (secondary N) is 1. The lowest BCUT2D eigenvalue weighted by Gasteiger charge is -2.16. The van der Waals surface area contributed by atoms with Gasteiger partial charge in [0, 0.05) is 5.25 Å². The van der Waals surface area contributed by atoms with Crippen LogP contribution in [-0.4, -0.2) is 28.0 Å². The molecule has 7 heteroatoms. The minimum Gasteiger partial charge on any atom is -0.484 e. The minimum atomic E-state index is -0.218. The SMILES string of the molecule is CC(C)Sc1nnc(NC(=O)COc2ccc3c(c2)CCCC3)s1. The third-order valence-corrected chi connectivity index (χ3v) is 5.61. The molecule has 1 aliphatic rings. The standard InChI is InChI=1S/C17H21N3O2S2/c1-11(2)23-17-20-19-16(24-17)18-15(21)10-22-14-8-7-12-5-3-4-6-13(12)9-14/h7-9,11H,3-6,10H2,1-2H3,(H,18,19,21). The summed E-state index contributed by atoms with van der Waals surface area (Å²) in [7, 11) is 0. The van der Waals surface area contributed by atoms with Crippen LogP contribution in [0.5, 0.6) is 5.75 Å². The molecule has 0 spiro atoms. The van der Waals surface area contributed by atoms with Crippen LogP contribution in [0.15, 0.2) is 22.5 Å². The molecule has 1 aromatic carbocycles. The largest absolute Gasteiger partial charge is 0.484 e. The molecule has 0 saturated heterocycles. The van der Waals surface area contributed by atoms with Crippen molar-refractivity contribution in [1.82, 2.24) is 10.2 Å². The Labute approximate surface area is 150 Å². The van der Waals surface area contributed by atoms with Gasteiger partial charge in [-0.05, 0) is 48.9 Å². The number of carbonyl (C=O) groups excluding carboxylic acids is 1. The quantitative estimate of drug-likeness (QED) is 0.622. The monoisotopic (exact) mass is 363 g/mol. The summed E-state index contributed by atoms with van der Waals surface area (Å²) in [4.78, 5) is 12.0. The molecule has 3 rings (SSSR count). The first-order chi connectivity index (χ1) is 11.6. The van der Waals surface area contributed by atoms with Crippen molar-refractivity contribution in [2.75, 3.05) is 11.9 Å². The van der Waals surface area contributed by atoms with Crippen LogP contribution < -0.4 is 10.1 Å². The van der Waals surface area contributed by atoms with Crippen LogP contribution in [0.1, 0.15) is 37.8 Å². The number of hydrogen-bond acceptors (Lipinski definition) is 6. The Hall–Kier alpha value is -1.60. The van der Waals surface area contributed by atoms with Crippen molar-refractivity contribution in [2.45, 2.75) is 49.1 Å². The molecule has 0 fully saturated rings. The molecule has 0 bridgehead atoms. The van der Waals surface area contributed by atoms with E-state index in [-0.39, 0.29) is 12.5 Å². The summed E-state index contributed by atoms with van der Waals surface area (Å²) in [6, 6.07) is 6.12. The van der Waals surface area contributed by atoms with Crippen molar-refractivity contribution < 1.29 is 9.53 Å². The molecule has 0 radical (unpaired) electrons. The normalized spacial score (nSPS) is 13.6. The van der Waals surface area contributed by atoms with E-state index in [0.29, 0.717) is 10.4 Å². The predicted molar refractivity (Wildman–Crippen MR) is 98.1 cm³/mol. The first kappa shape index (κ1) is 17.2. The summed E-state index contributed by atoms with van der Waals surface area (Å²) >= 11 is 3.02. The van der Waals surface area contributed by atoms with E-state index in [9.17, 15) is 4.79 Å². The summed E-state index contributed by atoms with van der Waals surface area (Å²) in [5, 5.41) is 11.7. The number of carbonyl (C=O) groups is 1. The van der Waals surface area contributed by atoms with Crippen molar-refractivity contribution in [3.8, 4) is 5.75 Å². The Balaban J connectivity index is 1.51. The Morgan fingerprint density at radius 3 is 2.88 bits per heavy atom. The molecule has 2 aromatic rings. The number of ether oxygens (including phenoxy) is 1. The number of rotatable bonds is 6. The van der Waals surface area contributed by atoms with Gasteiger partial charge in [-0.2, -0.15) is 0 Å². The zero-order valence-corrected chi connectivity index (χ0v) is 15.5. The van der Waals surface area contributed by atoms with Crippen molar-refractivity contribution in [3.63, 3.8) is 0 Å². The molecule has 1 amide bonds. The lowest BCUT2D eigenvalue weighted by molar-refractivity contribution is -0.118. The summed E-state index contributed by atoms with van der Waals surface area (Å²) < 4.78 is 6.47. The Bertz CT molecular complexity index is 716. The number of nitrogens with zero attached hydrogens (tertiary/aromatic N) is 2. The number of aromatic nitrogens is 2. The van der Waals surface area contributed by atoms with E-state index >= 15 is 0 Å². The number of thioether (sulfide) groups is 1. The Kier molecular flexibility index (Phi) is 5.73. The first-order valence-electron chi connectivity index (χ1n) is 8.15. The first-order valence-corrected chi connectivity index (χ1v) is 9.84. The van der Waals surface area contributed by atoms with Crippen LogP contribution in [0.3, 0.4) is 0 Å². The van der Waals surface area contributed by atoms with Gasteiger partial charge in [0.05, 0.1) is 0 Å². The number of amides is 1. The Morgan fingerprint density at radius 2 is 2.08 bits per heavy atom. The van der Waals surface area contributed by atoms with Crippen molar-refractivity contribution in [2.24, 2.45) is 0 Å². The van der Waals surface area contributed by atoms with Crippen LogP contribution in [-0.2, 0) is 17.6 Å². The van der Waals surface area contributed by atoms with Crippen LogP contribution in [0.25, 0.3) is 0 Å². The van der Waals surface area contributed by atoms with E-state index in [4.69, 9.17) is 4.74 Å². The van der Waals surface area contributed by atoms with Crippen molar-refractivity contribution in [1.29, 1.82) is 0 Å². The van der Waals surface area contributed by atoms with Crippen LogP contribution in [0, 0.1) is 0 Å². The number of aryl methyl sites for hydroxylation is 2. The number of fused-ring (bicyclic) bond motifs is 1. The van der Waals surface area contributed by atoms with Gasteiger partial charge >= 0.3 is 0 Å². The molecule has 128 valence electrons. The molecule has 0 aliphatic heterocycles. The van der Waals surface area contributed by atoms with Gasteiger partial charge in [0.1, 0.15) is 5.75 Å². The average molecular weight is 364 g/mol. The number of benzene rings is 1. The lowest BCUT2D eigenvalue weighted by Crippen LogP contribution is -2.20. The van der Waals surface area contributed by atoms with Gasteiger partial charge in [-0.15, -0.1) is 10.2 Å². The third-order valence-electron chi connectivity index (χ3n) is 3.68. The molecular formula is C17H21N3O2S2. The van der Waals surface area contributed by atoms with Crippen LogP contribution >= 0.6 is 23.1 Å². The highest BCUT2D eigenvalue weighted by atomic mass is 32.2. The van der Waals surface area contributed by atoms with Crippen molar-refractivity contribution >= 4 is 34.1 Å². The summed E-state index contributed by atoms with van der Waals surface area (Å²) in [6.07, 6.45) is 4.73. The molecular weight excluding hydrogens is 342 g/mol. The van der Waals surface area contributed by atoms with Gasteiger partial charge < -0.3 is 4.74 Å². The summed E-state index contributed by atoms with van der Waals surface area (Å²) in [5.41, 5.74) is 2.75. The number of hydrogen-bond donors (Lipinski definition) is 1. The maximum absolute atomic E-state index is 12.0. The van der Waals surface area contributed by atoms with Gasteiger partial charge in [0.2, 0.25) is 5.13 Å². The van der Waals surface area contributed by atoms with Crippen molar-refractivity contribution in [3.05, 3.63) is 29.3 Å². The van der Waals surface area contributed by atoms with Gasteiger partial charge in [-0.3, -0.25) is 10.1 Å². The maximum Gasteiger partial charge on any atom is 0.264 e. The van der Waals surface area contributed by atoms with Gasteiger partial charge in [-0.25, -0.2) is 0 Å². The molecule has 24 heavy (non-hydrogen) atoms. The van der Waals surface area contributed by atoms with E-state index in [1.165, 1.54) is 35.3 Å². The van der Waals surface area contributed by atoms with Gasteiger partial charge in [-0.1, -0.05) is 43.0 Å². The zero-order valence-electron chi connectivity index (χ0n) is 13.9. The van der Waals surface area contributed by atoms with E-state index < -0.39 is 0 Å². The zero-order chi connectivity index (χ0) is 16.9. The second-order valence-corrected chi connectivity index (χ2v) is 8.82. The van der Waals surface area contributed by atoms with Crippen LogP contribution in [0.2, 0.25) is 0 Å². The fourth-order valence-electron chi connectivity index (χ4n) is 2.61. The summed E-state index contributed by atoms with van der Waals surface area (Å²) in [5.74, 6) is 0.532. The highest BCUT2D eigenvalue weighted by Crippen LogP contribution is 2.28. The average Bonchev–Trinajstić information content (AvgIpc) is 2.99. The molecule has 1 N–H and O–H groups in total. The molecule has 0 saturated carbocycles. The maximum atomic E-state index is 12.0. The van der Waals surface area contributed by atoms with Gasteiger partial charge in [0.15, 0.2) is 10.9 Å². The second-order valence-electron chi connectivity index (χ2n) is 6.01. The smallest absolute Gasteiger partial charge is 0.264 e. The molecule has 0 atom stereocenters. The molecule has 1 aromatic heterocycles. The van der Waals surface area contributed by atoms with Gasteiger partial charge in [0.25, 0.3) is 5.91 Å². The van der Waals surface area contributed by atoms with E-state index in [0.717, 1.165) is 22.9 Å². The highest BCUT2D eigenvalue weighted by Gasteiger charge is 2.12. The Morgan fingerprint density at radius 1 is 1.29 bits per heavy atom. The number of anilines is 1. The van der Waals surface area contributed by atoms with E-state index in [2.05, 4.69) is 41.5 Å². The third kappa shape index (κ3) is 4.70. The molecule has 5 nitrogen and oxygen atoms in total. The fourth-order valence-corrected chi connectivity index (χ4v) is 4.60.